The van der Waals surface area contributed by atoms with Crippen LogP contribution in [0.2, 0.25) is 0 Å². The van der Waals surface area contributed by atoms with E-state index in [4.69, 9.17) is 4.74 Å². The minimum Gasteiger partial charge on any atom is -0.448 e. The highest BCUT2D eigenvalue weighted by Gasteiger charge is 2.47. The van der Waals surface area contributed by atoms with E-state index in [-0.39, 0.29) is 37.5 Å². The summed E-state index contributed by atoms with van der Waals surface area (Å²) >= 11 is 0. The van der Waals surface area contributed by atoms with Crippen molar-refractivity contribution in [3.05, 3.63) is 94.8 Å². The molecular weight excluding hydrogens is 467 g/mol. The van der Waals surface area contributed by atoms with E-state index in [1.165, 1.54) is 0 Å². The number of benzene rings is 3. The highest BCUT2D eigenvalue weighted by atomic mass is 19.2. The molecule has 0 radical (unpaired) electrons. The monoisotopic (exact) mass is 491 g/mol. The van der Waals surface area contributed by atoms with Gasteiger partial charge in [0.25, 0.3) is 0 Å². The molecule has 3 aromatic carbocycles. The molecule has 0 saturated carbocycles. The second-order valence-electron chi connectivity index (χ2n) is 9.85. The van der Waals surface area contributed by atoms with Crippen molar-refractivity contribution in [3.63, 3.8) is 0 Å². The fourth-order valence-electron chi connectivity index (χ4n) is 6.31. The molecule has 3 aromatic rings. The summed E-state index contributed by atoms with van der Waals surface area (Å²) in [5.41, 5.74) is 3.71. The Balaban J connectivity index is 1.16. The third kappa shape index (κ3) is 3.60. The van der Waals surface area contributed by atoms with Crippen molar-refractivity contribution in [2.45, 2.75) is 43.7 Å². The lowest BCUT2D eigenvalue weighted by molar-refractivity contribution is 0.0502. The summed E-state index contributed by atoms with van der Waals surface area (Å²) in [7, 11) is 0. The molecule has 1 aliphatic carbocycles. The molecular formula is C29H24F3NO3. The molecule has 36 heavy (non-hydrogen) atoms. The van der Waals surface area contributed by atoms with E-state index < -0.39 is 40.8 Å². The molecule has 2 aliphatic heterocycles. The fraction of sp³-hybridized carbons (Fsp3) is 0.310. The predicted octanol–water partition coefficient (Wildman–Crippen LogP) is 6.48. The summed E-state index contributed by atoms with van der Waals surface area (Å²) < 4.78 is 47.9. The average Bonchev–Trinajstić information content (AvgIpc) is 3.35. The van der Waals surface area contributed by atoms with Gasteiger partial charge in [0.05, 0.1) is 5.56 Å². The third-order valence-corrected chi connectivity index (χ3v) is 7.94. The molecule has 6 rings (SSSR count). The zero-order valence-electron chi connectivity index (χ0n) is 19.4. The molecule has 2 atom stereocenters. The molecule has 1 amide bonds. The number of carbonyl (C=O) groups excluding carboxylic acids is 2. The number of hydrogen-bond acceptors (Lipinski definition) is 3. The van der Waals surface area contributed by atoms with Gasteiger partial charge < -0.3 is 9.64 Å². The van der Waals surface area contributed by atoms with Crippen molar-refractivity contribution in [3.8, 4) is 11.1 Å². The van der Waals surface area contributed by atoms with Crippen LogP contribution >= 0.6 is 0 Å². The van der Waals surface area contributed by atoms with Gasteiger partial charge in [-0.3, -0.25) is 4.79 Å². The van der Waals surface area contributed by atoms with E-state index in [9.17, 15) is 22.8 Å². The number of ether oxygens (including phenoxy) is 1. The molecule has 2 unspecified atom stereocenters. The van der Waals surface area contributed by atoms with E-state index in [0.717, 1.165) is 28.3 Å². The first-order chi connectivity index (χ1) is 17.4. The van der Waals surface area contributed by atoms with Gasteiger partial charge in [-0.2, -0.15) is 0 Å². The molecule has 0 spiro atoms. The standard InChI is InChI=1S/C29H24F3NO3/c30-24-11-12-25(31)27(32)26(24)28(34)16-13-17-9-10-18(14-16)33(17)29(35)36-15-23-21-7-3-1-5-19(21)20-6-2-4-8-22(20)23/h1-8,11-12,16-18,23H,9-10,13-15H2. The van der Waals surface area contributed by atoms with Crippen LogP contribution in [0.15, 0.2) is 60.7 Å². The van der Waals surface area contributed by atoms with E-state index in [0.29, 0.717) is 18.9 Å². The van der Waals surface area contributed by atoms with Gasteiger partial charge in [-0.15, -0.1) is 0 Å². The molecule has 4 nitrogen and oxygen atoms in total. The van der Waals surface area contributed by atoms with Crippen molar-refractivity contribution in [2.75, 3.05) is 6.61 Å². The van der Waals surface area contributed by atoms with Gasteiger partial charge in [0.1, 0.15) is 12.4 Å². The van der Waals surface area contributed by atoms with E-state index >= 15 is 0 Å². The summed E-state index contributed by atoms with van der Waals surface area (Å²) in [5, 5.41) is 0. The molecule has 2 fully saturated rings. The Hall–Kier alpha value is -3.61. The Bertz CT molecular complexity index is 1310. The van der Waals surface area contributed by atoms with Crippen LogP contribution in [0.5, 0.6) is 0 Å². The topological polar surface area (TPSA) is 46.6 Å². The summed E-state index contributed by atoms with van der Waals surface area (Å²) in [6, 6.07) is 17.1. The second-order valence-corrected chi connectivity index (χ2v) is 9.85. The highest BCUT2D eigenvalue weighted by molar-refractivity contribution is 5.98. The van der Waals surface area contributed by atoms with E-state index in [2.05, 4.69) is 24.3 Å². The molecule has 3 aliphatic rings. The maximum absolute atomic E-state index is 14.2. The number of ketones is 1. The van der Waals surface area contributed by atoms with Crippen molar-refractivity contribution in [1.82, 2.24) is 4.90 Å². The zero-order valence-corrected chi connectivity index (χ0v) is 19.4. The molecule has 2 heterocycles. The summed E-state index contributed by atoms with van der Waals surface area (Å²) in [6.45, 7) is 0.199. The second kappa shape index (κ2) is 8.80. The number of hydrogen-bond donors (Lipinski definition) is 0. The smallest absolute Gasteiger partial charge is 0.410 e. The number of fused-ring (bicyclic) bond motifs is 5. The minimum absolute atomic E-state index is 0.0583. The third-order valence-electron chi connectivity index (χ3n) is 7.94. The molecule has 184 valence electrons. The van der Waals surface area contributed by atoms with Gasteiger partial charge in [-0.25, -0.2) is 18.0 Å². The number of nitrogens with zero attached hydrogens (tertiary/aromatic N) is 1. The van der Waals surface area contributed by atoms with Crippen LogP contribution < -0.4 is 0 Å². The van der Waals surface area contributed by atoms with Crippen LogP contribution in [-0.2, 0) is 4.74 Å². The van der Waals surface area contributed by atoms with Crippen molar-refractivity contribution in [2.24, 2.45) is 5.92 Å². The lowest BCUT2D eigenvalue weighted by Crippen LogP contribution is -2.48. The average molecular weight is 492 g/mol. The maximum Gasteiger partial charge on any atom is 0.410 e. The number of piperidine rings is 1. The van der Waals surface area contributed by atoms with Gasteiger partial charge in [-0.1, -0.05) is 48.5 Å². The molecule has 0 aromatic heterocycles. The lowest BCUT2D eigenvalue weighted by atomic mass is 9.84. The summed E-state index contributed by atoms with van der Waals surface area (Å²) in [5.74, 6) is -5.24. The Morgan fingerprint density at radius 3 is 1.97 bits per heavy atom. The van der Waals surface area contributed by atoms with Crippen LogP contribution in [0.3, 0.4) is 0 Å². The Morgan fingerprint density at radius 1 is 0.806 bits per heavy atom. The van der Waals surface area contributed by atoms with Crippen LogP contribution in [0.4, 0.5) is 18.0 Å². The van der Waals surface area contributed by atoms with Crippen molar-refractivity contribution < 1.29 is 27.5 Å². The molecule has 2 bridgehead atoms. The van der Waals surface area contributed by atoms with Gasteiger partial charge in [0, 0.05) is 23.9 Å². The first kappa shape index (κ1) is 22.8. The van der Waals surface area contributed by atoms with Crippen LogP contribution in [-0.4, -0.2) is 35.5 Å². The van der Waals surface area contributed by atoms with Gasteiger partial charge >= 0.3 is 6.09 Å². The van der Waals surface area contributed by atoms with Gasteiger partial charge in [-0.05, 0) is 60.1 Å². The molecule has 2 saturated heterocycles. The molecule has 0 N–H and O–H groups in total. The summed E-state index contributed by atoms with van der Waals surface area (Å²) in [6.07, 6.45) is 1.49. The quantitative estimate of drug-likeness (QED) is 0.310. The fourth-order valence-corrected chi connectivity index (χ4v) is 6.31. The van der Waals surface area contributed by atoms with Gasteiger partial charge in [0.15, 0.2) is 17.4 Å². The van der Waals surface area contributed by atoms with Crippen LogP contribution in [0, 0.1) is 23.4 Å². The van der Waals surface area contributed by atoms with Crippen LogP contribution in [0.25, 0.3) is 11.1 Å². The summed E-state index contributed by atoms with van der Waals surface area (Å²) in [4.78, 5) is 27.8. The zero-order chi connectivity index (χ0) is 25.0. The Morgan fingerprint density at radius 2 is 1.36 bits per heavy atom. The van der Waals surface area contributed by atoms with E-state index in [1.807, 2.05) is 24.3 Å². The Labute approximate surface area is 206 Å². The van der Waals surface area contributed by atoms with Crippen molar-refractivity contribution >= 4 is 11.9 Å². The maximum atomic E-state index is 14.2. The van der Waals surface area contributed by atoms with Crippen molar-refractivity contribution in [1.29, 1.82) is 0 Å². The number of Topliss-reactive ketones (excluding diaryl/α,β-unsaturated/α-hetero) is 1. The number of halogens is 3. The minimum atomic E-state index is -1.45. The Kier molecular flexibility index (Phi) is 5.58. The number of amides is 1. The predicted molar refractivity (Wildman–Crippen MR) is 127 cm³/mol. The number of rotatable bonds is 4. The first-order valence-corrected chi connectivity index (χ1v) is 12.2. The molecule has 7 heteroatoms. The normalized spacial score (nSPS) is 22.3. The lowest BCUT2D eigenvalue weighted by Gasteiger charge is -2.37. The van der Waals surface area contributed by atoms with Crippen LogP contribution in [0.1, 0.15) is 53.1 Å². The SMILES string of the molecule is O=C(c1c(F)ccc(F)c1F)C1CC2CCC(C1)N2C(=O)OCC1c2ccccc2-c2ccccc21. The van der Waals surface area contributed by atoms with E-state index in [1.54, 1.807) is 4.90 Å². The van der Waals surface area contributed by atoms with Gasteiger partial charge in [0.2, 0.25) is 0 Å². The number of carbonyl (C=O) groups is 2. The highest BCUT2D eigenvalue weighted by Crippen LogP contribution is 2.45. The largest absolute Gasteiger partial charge is 0.448 e. The first-order valence-electron chi connectivity index (χ1n) is 12.2.